The van der Waals surface area contributed by atoms with E-state index in [0.29, 0.717) is 6.42 Å². The van der Waals surface area contributed by atoms with Gasteiger partial charge in [-0.25, -0.2) is 0 Å². The topological polar surface area (TPSA) is 50.1 Å². The highest BCUT2D eigenvalue weighted by Gasteiger charge is 2.35. The van der Waals surface area contributed by atoms with E-state index in [0.717, 1.165) is 16.3 Å². The lowest BCUT2D eigenvalue weighted by atomic mass is 9.83. The predicted molar refractivity (Wildman–Crippen MR) is 78.0 cm³/mol. The molecular formula is C17H17NO2. The molecule has 2 aromatic rings. The first-order valence-electron chi connectivity index (χ1n) is 6.66. The van der Waals surface area contributed by atoms with Gasteiger partial charge in [-0.2, -0.15) is 5.26 Å². The Kier molecular flexibility index (Phi) is 4.05. The van der Waals surface area contributed by atoms with Gasteiger partial charge in [0.15, 0.2) is 5.41 Å². The number of nitrogens with zero attached hydrogens (tertiary/aromatic N) is 1. The fraction of sp³-hybridized carbons (Fsp3) is 0.294. The molecule has 0 saturated heterocycles. The average Bonchev–Trinajstić information content (AvgIpc) is 2.48. The summed E-state index contributed by atoms with van der Waals surface area (Å²) in [7, 11) is 0. The van der Waals surface area contributed by atoms with Crippen LogP contribution in [-0.4, -0.2) is 12.6 Å². The summed E-state index contributed by atoms with van der Waals surface area (Å²) in [6.07, 6.45) is 0.351. The standard InChI is InChI=1S/C17H17NO2/c1-3-20-16(19)17(2,12-18)11-14-9-6-8-13-7-4-5-10-15(13)14/h4-10H,3,11H2,1-2H3. The fourth-order valence-electron chi connectivity index (χ4n) is 2.28. The molecule has 1 unspecified atom stereocenters. The molecule has 0 amide bonds. The second kappa shape index (κ2) is 5.75. The zero-order chi connectivity index (χ0) is 14.6. The highest BCUT2D eigenvalue weighted by Crippen LogP contribution is 2.28. The third-order valence-corrected chi connectivity index (χ3v) is 3.40. The number of ether oxygens (including phenoxy) is 1. The Balaban J connectivity index is 2.40. The summed E-state index contributed by atoms with van der Waals surface area (Å²) in [6.45, 7) is 3.66. The van der Waals surface area contributed by atoms with Gasteiger partial charge in [0.25, 0.3) is 0 Å². The molecule has 3 heteroatoms. The molecule has 0 aliphatic heterocycles. The molecule has 1 atom stereocenters. The molecule has 3 nitrogen and oxygen atoms in total. The lowest BCUT2D eigenvalue weighted by Gasteiger charge is -2.20. The van der Waals surface area contributed by atoms with Crippen LogP contribution < -0.4 is 0 Å². The Morgan fingerprint density at radius 2 is 1.95 bits per heavy atom. The van der Waals surface area contributed by atoms with E-state index in [1.807, 2.05) is 42.5 Å². The van der Waals surface area contributed by atoms with Crippen molar-refractivity contribution in [3.63, 3.8) is 0 Å². The lowest BCUT2D eigenvalue weighted by molar-refractivity contribution is -0.151. The second-order valence-corrected chi connectivity index (χ2v) is 4.98. The van der Waals surface area contributed by atoms with Gasteiger partial charge in [0.05, 0.1) is 12.7 Å². The summed E-state index contributed by atoms with van der Waals surface area (Å²) in [5, 5.41) is 11.5. The van der Waals surface area contributed by atoms with Crippen molar-refractivity contribution in [3.05, 3.63) is 48.0 Å². The van der Waals surface area contributed by atoms with Crippen LogP contribution in [0.3, 0.4) is 0 Å². The van der Waals surface area contributed by atoms with Gasteiger partial charge in [-0.15, -0.1) is 0 Å². The molecule has 0 heterocycles. The first-order chi connectivity index (χ1) is 9.60. The Bertz CT molecular complexity index is 667. The molecule has 20 heavy (non-hydrogen) atoms. The number of hydrogen-bond donors (Lipinski definition) is 0. The van der Waals surface area contributed by atoms with E-state index in [2.05, 4.69) is 6.07 Å². The van der Waals surface area contributed by atoms with E-state index in [-0.39, 0.29) is 6.61 Å². The average molecular weight is 267 g/mol. The second-order valence-electron chi connectivity index (χ2n) is 4.98. The minimum atomic E-state index is -1.15. The third-order valence-electron chi connectivity index (χ3n) is 3.40. The van der Waals surface area contributed by atoms with Crippen LogP contribution in [0.2, 0.25) is 0 Å². The smallest absolute Gasteiger partial charge is 0.326 e. The summed E-state index contributed by atoms with van der Waals surface area (Å²) in [4.78, 5) is 12.0. The summed E-state index contributed by atoms with van der Waals surface area (Å²) < 4.78 is 5.02. The normalized spacial score (nSPS) is 13.4. The van der Waals surface area contributed by atoms with Crippen LogP contribution in [0.1, 0.15) is 19.4 Å². The zero-order valence-electron chi connectivity index (χ0n) is 11.7. The molecule has 0 fully saturated rings. The van der Waals surface area contributed by atoms with Crippen LogP contribution in [0.4, 0.5) is 0 Å². The summed E-state index contributed by atoms with van der Waals surface area (Å²) >= 11 is 0. The number of nitriles is 1. The zero-order valence-corrected chi connectivity index (χ0v) is 11.7. The van der Waals surface area contributed by atoms with Crippen LogP contribution in [0.15, 0.2) is 42.5 Å². The Hall–Kier alpha value is -2.34. The number of rotatable bonds is 4. The first-order valence-corrected chi connectivity index (χ1v) is 6.66. The third kappa shape index (κ3) is 2.65. The maximum Gasteiger partial charge on any atom is 0.326 e. The molecule has 102 valence electrons. The highest BCUT2D eigenvalue weighted by atomic mass is 16.5. The predicted octanol–water partition coefficient (Wildman–Crippen LogP) is 3.48. The van der Waals surface area contributed by atoms with Crippen molar-refractivity contribution >= 4 is 16.7 Å². The molecule has 0 saturated carbocycles. The molecule has 0 aliphatic carbocycles. The number of carbonyl (C=O) groups excluding carboxylic acids is 1. The van der Waals surface area contributed by atoms with Gasteiger partial charge in [-0.05, 0) is 30.2 Å². The van der Waals surface area contributed by atoms with Crippen LogP contribution >= 0.6 is 0 Å². The largest absolute Gasteiger partial charge is 0.465 e. The summed E-state index contributed by atoms with van der Waals surface area (Å²) in [5.74, 6) is -0.463. The molecule has 0 aromatic heterocycles. The SMILES string of the molecule is CCOC(=O)C(C)(C#N)Cc1cccc2ccccc12. The van der Waals surface area contributed by atoms with Crippen molar-refractivity contribution in [2.45, 2.75) is 20.3 Å². The number of carbonyl (C=O) groups is 1. The van der Waals surface area contributed by atoms with Crippen LogP contribution in [0.25, 0.3) is 10.8 Å². The Labute approximate surface area is 118 Å². The maximum atomic E-state index is 12.0. The quantitative estimate of drug-likeness (QED) is 0.797. The molecule has 0 N–H and O–H groups in total. The van der Waals surface area contributed by atoms with Gasteiger partial charge in [0.2, 0.25) is 0 Å². The van der Waals surface area contributed by atoms with Crippen molar-refractivity contribution in [1.82, 2.24) is 0 Å². The van der Waals surface area contributed by atoms with Gasteiger partial charge in [-0.3, -0.25) is 4.79 Å². The van der Waals surface area contributed by atoms with Gasteiger partial charge in [0, 0.05) is 6.42 Å². The minimum absolute atomic E-state index is 0.283. The molecule has 0 radical (unpaired) electrons. The summed E-state index contributed by atoms with van der Waals surface area (Å²) in [6, 6.07) is 16.0. The number of esters is 1. The van der Waals surface area contributed by atoms with E-state index in [4.69, 9.17) is 4.74 Å². The van der Waals surface area contributed by atoms with Gasteiger partial charge >= 0.3 is 5.97 Å². The Morgan fingerprint density at radius 3 is 2.65 bits per heavy atom. The van der Waals surface area contributed by atoms with E-state index in [9.17, 15) is 10.1 Å². The number of benzene rings is 2. The van der Waals surface area contributed by atoms with Gasteiger partial charge in [-0.1, -0.05) is 42.5 Å². The molecule has 0 bridgehead atoms. The van der Waals surface area contributed by atoms with E-state index >= 15 is 0 Å². The monoisotopic (exact) mass is 267 g/mol. The van der Waals surface area contributed by atoms with Crippen LogP contribution in [-0.2, 0) is 16.0 Å². The number of hydrogen-bond acceptors (Lipinski definition) is 3. The minimum Gasteiger partial charge on any atom is -0.465 e. The van der Waals surface area contributed by atoms with Crippen molar-refractivity contribution in [3.8, 4) is 6.07 Å². The molecule has 0 aliphatic rings. The molecule has 2 rings (SSSR count). The van der Waals surface area contributed by atoms with E-state index in [1.54, 1.807) is 13.8 Å². The number of fused-ring (bicyclic) bond motifs is 1. The van der Waals surface area contributed by atoms with E-state index in [1.165, 1.54) is 0 Å². The van der Waals surface area contributed by atoms with Crippen LogP contribution in [0, 0.1) is 16.7 Å². The van der Waals surface area contributed by atoms with Crippen LogP contribution in [0.5, 0.6) is 0 Å². The van der Waals surface area contributed by atoms with Gasteiger partial charge in [0.1, 0.15) is 0 Å². The lowest BCUT2D eigenvalue weighted by Crippen LogP contribution is -2.30. The maximum absolute atomic E-state index is 12.0. The van der Waals surface area contributed by atoms with Gasteiger partial charge < -0.3 is 4.74 Å². The first kappa shape index (κ1) is 14.1. The fourth-order valence-corrected chi connectivity index (χ4v) is 2.28. The Morgan fingerprint density at radius 1 is 1.25 bits per heavy atom. The van der Waals surface area contributed by atoms with E-state index < -0.39 is 11.4 Å². The highest BCUT2D eigenvalue weighted by molar-refractivity contribution is 5.87. The van der Waals surface area contributed by atoms with Crippen molar-refractivity contribution in [2.75, 3.05) is 6.61 Å². The van der Waals surface area contributed by atoms with Crippen molar-refractivity contribution < 1.29 is 9.53 Å². The summed E-state index contributed by atoms with van der Waals surface area (Å²) in [5.41, 5.74) is -0.166. The van der Waals surface area contributed by atoms with Crippen molar-refractivity contribution in [2.24, 2.45) is 5.41 Å². The molecule has 0 spiro atoms. The molecule has 2 aromatic carbocycles. The molecular weight excluding hydrogens is 250 g/mol. The van der Waals surface area contributed by atoms with Crippen molar-refractivity contribution in [1.29, 1.82) is 5.26 Å².